The van der Waals surface area contributed by atoms with Crippen molar-refractivity contribution in [1.82, 2.24) is 0 Å². The molecule has 5 rings (SSSR count). The zero-order valence-electron chi connectivity index (χ0n) is 16.4. The quantitative estimate of drug-likeness (QED) is 0.286. The third kappa shape index (κ3) is 2.63. The van der Waals surface area contributed by atoms with E-state index in [2.05, 4.69) is 65.1 Å². The Balaban J connectivity index is 1.67. The van der Waals surface area contributed by atoms with Gasteiger partial charge in [-0.05, 0) is 73.5 Å². The Morgan fingerprint density at radius 1 is 0.556 bits per heavy atom. The maximum Gasteiger partial charge on any atom is 0.116 e. The van der Waals surface area contributed by atoms with Crippen molar-refractivity contribution in [2.24, 2.45) is 0 Å². The molecule has 4 aromatic heterocycles. The Hall–Kier alpha value is -0.983. The number of hydrogen-bond acceptors (Lipinski definition) is 4. The van der Waals surface area contributed by atoms with E-state index < -0.39 is 8.07 Å². The number of aryl methyl sites for hydroxylation is 4. The summed E-state index contributed by atoms with van der Waals surface area (Å²) in [5, 5.41) is 3.31. The predicted molar refractivity (Wildman–Crippen MR) is 130 cm³/mol. The molecule has 0 fully saturated rings. The third-order valence-corrected chi connectivity index (χ3v) is 14.5. The molecule has 4 aromatic rings. The highest BCUT2D eigenvalue weighted by molar-refractivity contribution is 7.33. The molecule has 1 aliphatic rings. The van der Waals surface area contributed by atoms with Crippen LogP contribution < -0.4 is 10.4 Å². The van der Waals surface area contributed by atoms with Crippen LogP contribution in [0.15, 0.2) is 24.3 Å². The van der Waals surface area contributed by atoms with Crippen LogP contribution >= 0.6 is 45.3 Å². The average molecular weight is 443 g/mol. The molecule has 5 heteroatoms. The minimum atomic E-state index is -1.60. The fraction of sp³-hybridized carbons (Fsp3) is 0.273. The molecule has 0 spiro atoms. The lowest BCUT2D eigenvalue weighted by molar-refractivity contribution is 1.51. The molecule has 0 bridgehead atoms. The highest BCUT2D eigenvalue weighted by Gasteiger charge is 2.41. The second-order valence-corrected chi connectivity index (χ2v) is 17.0. The van der Waals surface area contributed by atoms with Crippen LogP contribution in [0, 0.1) is 27.7 Å². The molecule has 0 nitrogen and oxygen atoms in total. The van der Waals surface area contributed by atoms with Gasteiger partial charge in [-0.1, -0.05) is 13.1 Å². The van der Waals surface area contributed by atoms with Crippen LogP contribution in [0.1, 0.15) is 20.9 Å². The fourth-order valence-corrected chi connectivity index (χ4v) is 13.8. The highest BCUT2D eigenvalue weighted by Crippen LogP contribution is 2.47. The van der Waals surface area contributed by atoms with Gasteiger partial charge in [0, 0.05) is 39.0 Å². The molecule has 0 aliphatic carbocycles. The number of rotatable bonds is 2. The number of thiophene rings is 4. The van der Waals surface area contributed by atoms with E-state index in [0.29, 0.717) is 0 Å². The zero-order chi connectivity index (χ0) is 19.1. The van der Waals surface area contributed by atoms with Crippen molar-refractivity contribution in [1.29, 1.82) is 0 Å². The van der Waals surface area contributed by atoms with Crippen molar-refractivity contribution in [3.05, 3.63) is 45.1 Å². The van der Waals surface area contributed by atoms with Crippen molar-refractivity contribution in [3.63, 3.8) is 0 Å². The van der Waals surface area contributed by atoms with E-state index in [4.69, 9.17) is 0 Å². The Bertz CT molecular complexity index is 1100. The number of hydrogen-bond donors (Lipinski definition) is 0. The molecule has 0 amide bonds. The second-order valence-electron chi connectivity index (χ2n) is 8.07. The summed E-state index contributed by atoms with van der Waals surface area (Å²) >= 11 is 7.94. The standard InChI is InChI=1S/C22H22S4Si/c1-11-7-13(3)23-19(11)15-9-17-21(25-15)22-18(27(17,5)6)10-16(26-22)20-12(2)8-14(4)24-20/h7-10H,1-6H3. The maximum atomic E-state index is 2.53. The smallest absolute Gasteiger partial charge is 0.116 e. The van der Waals surface area contributed by atoms with Crippen molar-refractivity contribution in [2.75, 3.05) is 0 Å². The molecule has 0 saturated heterocycles. The molecule has 27 heavy (non-hydrogen) atoms. The average Bonchev–Trinajstić information content (AvgIpc) is 3.33. The fourth-order valence-electron chi connectivity index (χ4n) is 4.19. The van der Waals surface area contributed by atoms with Gasteiger partial charge in [-0.3, -0.25) is 0 Å². The lowest BCUT2D eigenvalue weighted by Gasteiger charge is -2.16. The van der Waals surface area contributed by atoms with E-state index in [0.717, 1.165) is 0 Å². The number of fused-ring (bicyclic) bond motifs is 3. The van der Waals surface area contributed by atoms with Crippen molar-refractivity contribution in [3.8, 4) is 29.3 Å². The van der Waals surface area contributed by atoms with Crippen molar-refractivity contribution >= 4 is 63.8 Å². The summed E-state index contributed by atoms with van der Waals surface area (Å²) in [6.07, 6.45) is 0. The summed E-state index contributed by atoms with van der Waals surface area (Å²) in [5.41, 5.74) is 2.85. The summed E-state index contributed by atoms with van der Waals surface area (Å²) in [4.78, 5) is 11.8. The van der Waals surface area contributed by atoms with E-state index in [1.807, 2.05) is 45.3 Å². The van der Waals surface area contributed by atoms with E-state index >= 15 is 0 Å². The van der Waals surface area contributed by atoms with Gasteiger partial charge in [-0.2, -0.15) is 0 Å². The van der Waals surface area contributed by atoms with Crippen LogP contribution in [0.3, 0.4) is 0 Å². The van der Waals surface area contributed by atoms with Gasteiger partial charge in [-0.25, -0.2) is 0 Å². The van der Waals surface area contributed by atoms with Gasteiger partial charge >= 0.3 is 0 Å². The van der Waals surface area contributed by atoms with Crippen LogP contribution in [0.4, 0.5) is 0 Å². The lowest BCUT2D eigenvalue weighted by atomic mass is 10.2. The van der Waals surface area contributed by atoms with Crippen molar-refractivity contribution < 1.29 is 0 Å². The lowest BCUT2D eigenvalue weighted by Crippen LogP contribution is -2.48. The second kappa shape index (κ2) is 6.01. The Morgan fingerprint density at radius 2 is 0.963 bits per heavy atom. The molecule has 0 atom stereocenters. The van der Waals surface area contributed by atoms with E-state index in [1.165, 1.54) is 40.4 Å². The van der Waals surface area contributed by atoms with E-state index in [-0.39, 0.29) is 0 Å². The summed E-state index contributed by atoms with van der Waals surface area (Å²) in [7, 11) is -1.60. The molecule has 0 radical (unpaired) electrons. The first-order chi connectivity index (χ1) is 12.8. The molecule has 0 unspecified atom stereocenters. The summed E-state index contributed by atoms with van der Waals surface area (Å²) < 4.78 is 0. The van der Waals surface area contributed by atoms with Crippen LogP contribution in [0.25, 0.3) is 29.3 Å². The molecule has 0 saturated carbocycles. The minimum Gasteiger partial charge on any atom is -0.139 e. The molecule has 5 heterocycles. The molecular weight excluding hydrogens is 421 g/mol. The first-order valence-electron chi connectivity index (χ1n) is 9.19. The van der Waals surface area contributed by atoms with Crippen LogP contribution in [-0.4, -0.2) is 8.07 Å². The van der Waals surface area contributed by atoms with Gasteiger partial charge in [0.05, 0.1) is 0 Å². The van der Waals surface area contributed by atoms with Gasteiger partial charge in [0.15, 0.2) is 0 Å². The molecule has 0 aromatic carbocycles. The molecule has 138 valence electrons. The van der Waals surface area contributed by atoms with Gasteiger partial charge < -0.3 is 0 Å². The first kappa shape index (κ1) is 18.1. The minimum absolute atomic E-state index is 1.41. The van der Waals surface area contributed by atoms with Gasteiger partial charge in [0.2, 0.25) is 0 Å². The Morgan fingerprint density at radius 3 is 1.30 bits per heavy atom. The Labute approximate surface area is 178 Å². The van der Waals surface area contributed by atoms with E-state index in [9.17, 15) is 0 Å². The van der Waals surface area contributed by atoms with Gasteiger partial charge in [0.25, 0.3) is 0 Å². The maximum absolute atomic E-state index is 2.53. The topological polar surface area (TPSA) is 0 Å². The monoisotopic (exact) mass is 442 g/mol. The highest BCUT2D eigenvalue weighted by atomic mass is 32.1. The van der Waals surface area contributed by atoms with Crippen LogP contribution in [-0.2, 0) is 0 Å². The van der Waals surface area contributed by atoms with Crippen LogP contribution in [0.5, 0.6) is 0 Å². The predicted octanol–water partition coefficient (Wildman–Crippen LogP) is 7.30. The third-order valence-electron chi connectivity index (χ3n) is 5.55. The SMILES string of the molecule is Cc1cc(C)c(-c2cc3c(s2)-c2sc(-c4sc(C)cc4C)cc2[Si]3(C)C)s1. The zero-order valence-corrected chi connectivity index (χ0v) is 20.7. The molecule has 1 aliphatic heterocycles. The summed E-state index contributed by atoms with van der Waals surface area (Å²) in [5.74, 6) is 0. The normalized spacial score (nSPS) is 14.6. The largest absolute Gasteiger partial charge is 0.139 e. The Kier molecular flexibility index (Phi) is 4.02. The van der Waals surface area contributed by atoms with Gasteiger partial charge in [-0.15, -0.1) is 45.3 Å². The van der Waals surface area contributed by atoms with Crippen LogP contribution in [0.2, 0.25) is 13.1 Å². The summed E-state index contributed by atoms with van der Waals surface area (Å²) in [6.45, 7) is 14.0. The first-order valence-corrected chi connectivity index (χ1v) is 15.5. The molecular formula is C22H22S4Si. The molecule has 0 N–H and O–H groups in total. The van der Waals surface area contributed by atoms with Crippen molar-refractivity contribution in [2.45, 2.75) is 40.8 Å². The van der Waals surface area contributed by atoms with Gasteiger partial charge in [0.1, 0.15) is 8.07 Å². The van der Waals surface area contributed by atoms with E-state index in [1.54, 1.807) is 20.1 Å². The summed E-state index contributed by atoms with van der Waals surface area (Å²) in [6, 6.07) is 9.70.